The van der Waals surface area contributed by atoms with Crippen LogP contribution in [0.5, 0.6) is 0 Å². The first-order valence-electron chi connectivity index (χ1n) is 5.84. The third kappa shape index (κ3) is 4.79. The Hall–Kier alpha value is -1.01. The van der Waals surface area contributed by atoms with Gasteiger partial charge in [-0.25, -0.2) is 4.39 Å². The maximum atomic E-state index is 12.8. The highest BCUT2D eigenvalue weighted by molar-refractivity contribution is 8.00. The number of nitrogens with zero attached hydrogens (tertiary/aromatic N) is 1. The Morgan fingerprint density at radius 1 is 1.24 bits per heavy atom. The number of hydrogen-bond acceptors (Lipinski definition) is 2. The van der Waals surface area contributed by atoms with Gasteiger partial charge in [0.1, 0.15) is 5.82 Å². The Morgan fingerprint density at radius 3 is 2.29 bits per heavy atom. The van der Waals surface area contributed by atoms with Gasteiger partial charge in [0.15, 0.2) is 0 Å². The lowest BCUT2D eigenvalue weighted by Crippen LogP contribution is -2.14. The lowest BCUT2D eigenvalue weighted by Gasteiger charge is -2.18. The minimum Gasteiger partial charge on any atom is -0.207 e. The fourth-order valence-corrected chi connectivity index (χ4v) is 2.78. The first-order valence-corrected chi connectivity index (χ1v) is 6.72. The van der Waals surface area contributed by atoms with Crippen LogP contribution in [0.15, 0.2) is 29.2 Å². The van der Waals surface area contributed by atoms with E-state index in [0.717, 1.165) is 11.3 Å². The van der Waals surface area contributed by atoms with E-state index in [2.05, 4.69) is 26.8 Å². The van der Waals surface area contributed by atoms with Gasteiger partial charge in [-0.15, -0.1) is 11.8 Å². The number of benzene rings is 1. The molecule has 17 heavy (non-hydrogen) atoms. The SMILES string of the molecule is CC(C)CC(C)C(C#N)Sc1ccc(F)cc1. The topological polar surface area (TPSA) is 23.8 Å². The Bertz CT molecular complexity index is 380. The van der Waals surface area contributed by atoms with Crippen LogP contribution in [0.25, 0.3) is 0 Å². The average molecular weight is 251 g/mol. The zero-order valence-corrected chi connectivity index (χ0v) is 11.3. The molecule has 0 aromatic heterocycles. The van der Waals surface area contributed by atoms with Crippen molar-refractivity contribution in [2.24, 2.45) is 11.8 Å². The molecule has 92 valence electrons. The largest absolute Gasteiger partial charge is 0.207 e. The molecule has 1 nitrogen and oxygen atoms in total. The molecule has 0 saturated carbocycles. The summed E-state index contributed by atoms with van der Waals surface area (Å²) in [5.74, 6) is 0.697. The number of thioether (sulfide) groups is 1. The third-order valence-corrected chi connectivity index (χ3v) is 3.93. The summed E-state index contributed by atoms with van der Waals surface area (Å²) in [6.07, 6.45) is 1.03. The van der Waals surface area contributed by atoms with Crippen molar-refractivity contribution in [1.29, 1.82) is 5.26 Å². The normalized spacial score (nSPS) is 14.4. The van der Waals surface area contributed by atoms with Crippen molar-refractivity contribution in [3.8, 4) is 6.07 Å². The van der Waals surface area contributed by atoms with E-state index < -0.39 is 0 Å². The number of hydrogen-bond donors (Lipinski definition) is 0. The molecule has 0 aliphatic carbocycles. The van der Waals surface area contributed by atoms with Crippen LogP contribution >= 0.6 is 11.8 Å². The smallest absolute Gasteiger partial charge is 0.123 e. The van der Waals surface area contributed by atoms with Crippen molar-refractivity contribution in [2.75, 3.05) is 0 Å². The highest BCUT2D eigenvalue weighted by Gasteiger charge is 2.19. The molecule has 1 aromatic carbocycles. The second-order valence-corrected chi connectivity index (χ2v) is 5.94. The number of rotatable bonds is 5. The molecule has 0 aliphatic rings. The first kappa shape index (κ1) is 14.1. The first-order chi connectivity index (χ1) is 8.02. The maximum absolute atomic E-state index is 12.8. The second kappa shape index (κ2) is 6.66. The molecule has 0 aliphatic heterocycles. The van der Waals surface area contributed by atoms with Crippen molar-refractivity contribution < 1.29 is 4.39 Å². The van der Waals surface area contributed by atoms with Gasteiger partial charge >= 0.3 is 0 Å². The molecule has 0 N–H and O–H groups in total. The molecule has 0 heterocycles. The van der Waals surface area contributed by atoms with Crippen molar-refractivity contribution in [1.82, 2.24) is 0 Å². The zero-order chi connectivity index (χ0) is 12.8. The molecule has 0 saturated heterocycles. The Morgan fingerprint density at radius 2 is 1.82 bits per heavy atom. The molecule has 0 fully saturated rings. The predicted molar refractivity (Wildman–Crippen MR) is 70.3 cm³/mol. The van der Waals surface area contributed by atoms with Crippen molar-refractivity contribution in [3.05, 3.63) is 30.1 Å². The summed E-state index contributed by atoms with van der Waals surface area (Å²) >= 11 is 1.52. The van der Waals surface area contributed by atoms with E-state index in [-0.39, 0.29) is 11.1 Å². The van der Waals surface area contributed by atoms with Gasteiger partial charge in [-0.05, 0) is 42.5 Å². The van der Waals surface area contributed by atoms with Crippen LogP contribution in [0, 0.1) is 29.0 Å². The number of nitriles is 1. The van der Waals surface area contributed by atoms with E-state index in [1.165, 1.54) is 23.9 Å². The van der Waals surface area contributed by atoms with Gasteiger partial charge in [0.25, 0.3) is 0 Å². The Balaban J connectivity index is 2.64. The molecule has 2 atom stereocenters. The van der Waals surface area contributed by atoms with Gasteiger partial charge in [0.2, 0.25) is 0 Å². The third-order valence-electron chi connectivity index (χ3n) is 2.56. The molecule has 0 radical (unpaired) electrons. The summed E-state index contributed by atoms with van der Waals surface area (Å²) in [6, 6.07) is 8.67. The summed E-state index contributed by atoms with van der Waals surface area (Å²) < 4.78 is 12.8. The van der Waals surface area contributed by atoms with Crippen molar-refractivity contribution >= 4 is 11.8 Å². The monoisotopic (exact) mass is 251 g/mol. The highest BCUT2D eigenvalue weighted by Crippen LogP contribution is 2.30. The molecule has 1 rings (SSSR count). The average Bonchev–Trinajstić information content (AvgIpc) is 2.27. The zero-order valence-electron chi connectivity index (χ0n) is 10.5. The maximum Gasteiger partial charge on any atom is 0.123 e. The van der Waals surface area contributed by atoms with Crippen LogP contribution in [-0.2, 0) is 0 Å². The molecular weight excluding hydrogens is 233 g/mol. The van der Waals surface area contributed by atoms with E-state index in [9.17, 15) is 9.65 Å². The van der Waals surface area contributed by atoms with Crippen LogP contribution in [0.2, 0.25) is 0 Å². The summed E-state index contributed by atoms with van der Waals surface area (Å²) in [7, 11) is 0. The summed E-state index contributed by atoms with van der Waals surface area (Å²) in [6.45, 7) is 6.42. The second-order valence-electron chi connectivity index (χ2n) is 4.73. The molecular formula is C14H18FNS. The lowest BCUT2D eigenvalue weighted by molar-refractivity contribution is 0.452. The molecule has 3 heteroatoms. The molecule has 2 unspecified atom stereocenters. The van der Waals surface area contributed by atoms with Crippen LogP contribution in [0.1, 0.15) is 27.2 Å². The van der Waals surface area contributed by atoms with E-state index in [1.54, 1.807) is 12.1 Å². The van der Waals surface area contributed by atoms with E-state index in [1.807, 2.05) is 0 Å². The molecule has 0 amide bonds. The van der Waals surface area contributed by atoms with E-state index in [4.69, 9.17) is 0 Å². The molecule has 1 aromatic rings. The number of halogens is 1. The fraction of sp³-hybridized carbons (Fsp3) is 0.500. The predicted octanol–water partition coefficient (Wildman–Crippen LogP) is 4.49. The summed E-state index contributed by atoms with van der Waals surface area (Å²) in [4.78, 5) is 0.952. The van der Waals surface area contributed by atoms with Gasteiger partial charge in [0.05, 0.1) is 11.3 Å². The fourth-order valence-electron chi connectivity index (χ4n) is 1.80. The lowest BCUT2D eigenvalue weighted by atomic mass is 9.96. The van der Waals surface area contributed by atoms with Gasteiger partial charge in [-0.2, -0.15) is 5.26 Å². The van der Waals surface area contributed by atoms with E-state index >= 15 is 0 Å². The van der Waals surface area contributed by atoms with Gasteiger partial charge in [-0.1, -0.05) is 20.8 Å². The quantitative estimate of drug-likeness (QED) is 0.720. The van der Waals surface area contributed by atoms with Gasteiger partial charge in [-0.3, -0.25) is 0 Å². The molecule has 0 spiro atoms. The minimum atomic E-state index is -0.238. The van der Waals surface area contributed by atoms with Crippen LogP contribution in [-0.4, -0.2) is 5.25 Å². The van der Waals surface area contributed by atoms with Crippen LogP contribution < -0.4 is 0 Å². The minimum absolute atomic E-state index is 0.0668. The van der Waals surface area contributed by atoms with Crippen molar-refractivity contribution in [3.63, 3.8) is 0 Å². The highest BCUT2D eigenvalue weighted by atomic mass is 32.2. The van der Waals surface area contributed by atoms with Gasteiger partial charge < -0.3 is 0 Å². The summed E-state index contributed by atoms with van der Waals surface area (Å²) in [5.41, 5.74) is 0. The van der Waals surface area contributed by atoms with E-state index in [0.29, 0.717) is 11.8 Å². The van der Waals surface area contributed by atoms with Crippen molar-refractivity contribution in [2.45, 2.75) is 37.3 Å². The van der Waals surface area contributed by atoms with Crippen LogP contribution in [0.4, 0.5) is 4.39 Å². The Labute approximate surface area is 107 Å². The summed E-state index contributed by atoms with van der Waals surface area (Å²) in [5, 5.41) is 9.11. The van der Waals surface area contributed by atoms with Crippen LogP contribution in [0.3, 0.4) is 0 Å². The molecule has 0 bridgehead atoms. The Kier molecular flexibility index (Phi) is 5.50. The standard InChI is InChI=1S/C14H18FNS/c1-10(2)8-11(3)14(9-16)17-13-6-4-12(15)5-7-13/h4-7,10-11,14H,8H2,1-3H3. The van der Waals surface area contributed by atoms with Gasteiger partial charge in [0, 0.05) is 4.90 Å².